The summed E-state index contributed by atoms with van der Waals surface area (Å²) < 4.78 is 33.7. The summed E-state index contributed by atoms with van der Waals surface area (Å²) in [6, 6.07) is 5.66. The van der Waals surface area contributed by atoms with Crippen LogP contribution in [0.1, 0.15) is 77.6 Å². The van der Waals surface area contributed by atoms with Crippen molar-refractivity contribution >= 4 is 24.1 Å². The molecule has 2 heterocycles. The van der Waals surface area contributed by atoms with Crippen molar-refractivity contribution in [3.8, 4) is 11.4 Å². The number of aromatic hydroxyl groups is 1. The Hall–Kier alpha value is -4.29. The molecule has 0 radical (unpaired) electrons. The number of rotatable bonds is 8. The van der Waals surface area contributed by atoms with E-state index >= 15 is 0 Å². The topological polar surface area (TPSA) is 151 Å². The number of hydrogen-bond acceptors (Lipinski definition) is 7. The van der Waals surface area contributed by atoms with Crippen molar-refractivity contribution in [2.24, 2.45) is 0 Å². The minimum absolute atomic E-state index is 0.0156. The first-order valence-electron chi connectivity index (χ1n) is 11.6. The third-order valence-corrected chi connectivity index (χ3v) is 5.96. The largest absolute Gasteiger partial charge is 0.507 e. The smallest absolute Gasteiger partial charge is 0.407 e. The number of benzene rings is 1. The molecule has 0 saturated heterocycles. The molecule has 37 heavy (non-hydrogen) atoms. The molecule has 0 aliphatic heterocycles. The van der Waals surface area contributed by atoms with E-state index in [9.17, 15) is 28.3 Å². The molecule has 4 N–H and O–H groups in total. The Kier molecular flexibility index (Phi) is 7.50. The number of anilines is 1. The van der Waals surface area contributed by atoms with E-state index in [1.807, 2.05) is 13.8 Å². The van der Waals surface area contributed by atoms with Crippen LogP contribution >= 0.6 is 0 Å². The SMILES string of the molecule is CC(C)NC(=O)O[C@@H]1CC[C@H](c2cc(NC(=O)c3cn(-c4cccc(O)c4C=O)nc3C(F)F)n[nH]2)C1. The first-order chi connectivity index (χ1) is 17.7. The van der Waals surface area contributed by atoms with E-state index in [0.29, 0.717) is 24.8 Å². The Bertz CT molecular complexity index is 1300. The van der Waals surface area contributed by atoms with Crippen LogP contribution in [0.5, 0.6) is 5.75 Å². The van der Waals surface area contributed by atoms with Crippen LogP contribution in [-0.2, 0) is 4.74 Å². The number of aromatic amines is 1. The monoisotopic (exact) mass is 516 g/mol. The van der Waals surface area contributed by atoms with E-state index in [0.717, 1.165) is 17.3 Å². The number of aldehydes is 1. The van der Waals surface area contributed by atoms with E-state index < -0.39 is 29.7 Å². The van der Waals surface area contributed by atoms with Gasteiger partial charge in [0.05, 0.1) is 16.8 Å². The van der Waals surface area contributed by atoms with Crippen LogP contribution in [0, 0.1) is 0 Å². The zero-order valence-corrected chi connectivity index (χ0v) is 20.1. The summed E-state index contributed by atoms with van der Waals surface area (Å²) >= 11 is 0. The molecular formula is C24H26F2N6O5. The van der Waals surface area contributed by atoms with Gasteiger partial charge in [-0.2, -0.15) is 10.2 Å². The van der Waals surface area contributed by atoms with Crippen LogP contribution in [0.15, 0.2) is 30.5 Å². The van der Waals surface area contributed by atoms with E-state index in [2.05, 4.69) is 25.9 Å². The Labute approximate surface area is 210 Å². The number of carbonyl (C=O) groups excluding carboxylic acids is 3. The second kappa shape index (κ2) is 10.8. The highest BCUT2D eigenvalue weighted by molar-refractivity contribution is 6.04. The Morgan fingerprint density at radius 1 is 1.30 bits per heavy atom. The first-order valence-corrected chi connectivity index (χ1v) is 11.6. The van der Waals surface area contributed by atoms with Crippen molar-refractivity contribution in [2.45, 2.75) is 57.6 Å². The van der Waals surface area contributed by atoms with E-state index in [4.69, 9.17) is 4.74 Å². The van der Waals surface area contributed by atoms with Gasteiger partial charge >= 0.3 is 6.09 Å². The number of aromatic nitrogens is 4. The Morgan fingerprint density at radius 3 is 2.78 bits per heavy atom. The van der Waals surface area contributed by atoms with Crippen molar-refractivity contribution < 1.29 is 33.0 Å². The maximum absolute atomic E-state index is 13.7. The number of halogens is 2. The summed E-state index contributed by atoms with van der Waals surface area (Å²) in [7, 11) is 0. The van der Waals surface area contributed by atoms with Crippen LogP contribution < -0.4 is 10.6 Å². The predicted molar refractivity (Wildman–Crippen MR) is 127 cm³/mol. The molecule has 2 atom stereocenters. The van der Waals surface area contributed by atoms with Crippen LogP contribution in [0.3, 0.4) is 0 Å². The van der Waals surface area contributed by atoms with E-state index in [1.165, 1.54) is 18.2 Å². The van der Waals surface area contributed by atoms with Gasteiger partial charge in [-0.05, 0) is 45.2 Å². The standard InChI is InChI=1S/C24H26F2N6O5/c1-12(2)27-24(36)37-14-7-6-13(8-14)17-9-20(30-29-17)28-23(35)15-10-32(31-21(15)22(25)26)18-4-3-5-19(34)16(18)11-33/h3-5,9-14,22,34H,6-8H2,1-2H3,(H,27,36)(H2,28,29,30,35)/t13-,14+/m0/s1. The second-order valence-electron chi connectivity index (χ2n) is 9.00. The number of hydrogen-bond donors (Lipinski definition) is 4. The van der Waals surface area contributed by atoms with Crippen LogP contribution in [0.25, 0.3) is 5.69 Å². The normalized spacial score (nSPS) is 17.2. The van der Waals surface area contributed by atoms with Gasteiger partial charge in [-0.1, -0.05) is 6.07 Å². The van der Waals surface area contributed by atoms with Crippen molar-refractivity contribution in [3.63, 3.8) is 0 Å². The molecule has 13 heteroatoms. The summed E-state index contributed by atoms with van der Waals surface area (Å²) in [6.45, 7) is 3.67. The Morgan fingerprint density at radius 2 is 2.08 bits per heavy atom. The number of nitrogens with zero attached hydrogens (tertiary/aromatic N) is 3. The number of H-pyrrole nitrogens is 1. The average Bonchev–Trinajstić information content (AvgIpc) is 3.58. The molecule has 4 rings (SSSR count). The third kappa shape index (κ3) is 5.76. The number of phenolic OH excluding ortho intramolecular Hbond substituents is 1. The zero-order valence-electron chi connectivity index (χ0n) is 20.1. The molecule has 2 aromatic heterocycles. The van der Waals surface area contributed by atoms with Crippen LogP contribution in [0.4, 0.5) is 19.4 Å². The van der Waals surface area contributed by atoms with Gasteiger partial charge in [-0.15, -0.1) is 0 Å². The fourth-order valence-corrected chi connectivity index (χ4v) is 4.25. The summed E-state index contributed by atoms with van der Waals surface area (Å²) in [6.07, 6.45) is -0.379. The van der Waals surface area contributed by atoms with Crippen molar-refractivity contribution in [1.82, 2.24) is 25.3 Å². The molecule has 2 amide bonds. The highest BCUT2D eigenvalue weighted by Crippen LogP contribution is 2.36. The number of carbonyl (C=O) groups is 3. The fraction of sp³-hybridized carbons (Fsp3) is 0.375. The molecule has 0 spiro atoms. The molecule has 0 bridgehead atoms. The number of alkyl halides is 2. The lowest BCUT2D eigenvalue weighted by Gasteiger charge is -2.14. The lowest BCUT2D eigenvalue weighted by Crippen LogP contribution is -2.33. The van der Waals surface area contributed by atoms with Crippen LogP contribution in [-0.4, -0.2) is 55.5 Å². The number of nitrogens with one attached hydrogen (secondary N) is 3. The zero-order chi connectivity index (χ0) is 26.7. The summed E-state index contributed by atoms with van der Waals surface area (Å²) in [5, 5.41) is 25.7. The highest BCUT2D eigenvalue weighted by atomic mass is 19.3. The Balaban J connectivity index is 1.47. The molecule has 1 aromatic carbocycles. The quantitative estimate of drug-likeness (QED) is 0.329. The summed E-state index contributed by atoms with van der Waals surface area (Å²) in [5.74, 6) is -1.08. The lowest BCUT2D eigenvalue weighted by molar-refractivity contribution is 0.0979. The van der Waals surface area contributed by atoms with Crippen molar-refractivity contribution in [1.29, 1.82) is 0 Å². The second-order valence-corrected chi connectivity index (χ2v) is 9.00. The predicted octanol–water partition coefficient (Wildman–Crippen LogP) is 4.07. The fourth-order valence-electron chi connectivity index (χ4n) is 4.25. The number of phenols is 1. The molecular weight excluding hydrogens is 490 g/mol. The van der Waals surface area contributed by atoms with E-state index in [-0.39, 0.29) is 40.9 Å². The molecule has 0 unspecified atom stereocenters. The van der Waals surface area contributed by atoms with Crippen LogP contribution in [0.2, 0.25) is 0 Å². The van der Waals surface area contributed by atoms with E-state index in [1.54, 1.807) is 6.07 Å². The summed E-state index contributed by atoms with van der Waals surface area (Å²) in [4.78, 5) is 36.1. The molecule has 3 aromatic rings. The maximum atomic E-state index is 13.7. The molecule has 1 aliphatic rings. The first kappa shape index (κ1) is 25.8. The van der Waals surface area contributed by atoms with Gasteiger partial charge in [-0.3, -0.25) is 14.7 Å². The number of ether oxygens (including phenoxy) is 1. The molecule has 196 valence electrons. The number of alkyl carbamates (subject to hydrolysis) is 1. The van der Waals surface area contributed by atoms with Gasteiger partial charge in [0.15, 0.2) is 12.1 Å². The van der Waals surface area contributed by atoms with Gasteiger partial charge < -0.3 is 20.5 Å². The highest BCUT2D eigenvalue weighted by Gasteiger charge is 2.31. The summed E-state index contributed by atoms with van der Waals surface area (Å²) in [5.41, 5.74) is -0.603. The van der Waals surface area contributed by atoms with Gasteiger partial charge in [0.1, 0.15) is 17.5 Å². The third-order valence-electron chi connectivity index (χ3n) is 5.96. The molecule has 1 aliphatic carbocycles. The van der Waals surface area contributed by atoms with Gasteiger partial charge in [0.25, 0.3) is 12.3 Å². The van der Waals surface area contributed by atoms with Gasteiger partial charge in [-0.25, -0.2) is 18.3 Å². The molecule has 11 nitrogen and oxygen atoms in total. The lowest BCUT2D eigenvalue weighted by atomic mass is 10.0. The average molecular weight is 517 g/mol. The molecule has 1 fully saturated rings. The van der Waals surface area contributed by atoms with Gasteiger partial charge in [0.2, 0.25) is 0 Å². The van der Waals surface area contributed by atoms with Crippen molar-refractivity contribution in [2.75, 3.05) is 5.32 Å². The van der Waals surface area contributed by atoms with Gasteiger partial charge in [0, 0.05) is 29.9 Å². The van der Waals surface area contributed by atoms with Crippen molar-refractivity contribution in [3.05, 3.63) is 53.0 Å². The minimum Gasteiger partial charge on any atom is -0.507 e. The maximum Gasteiger partial charge on any atom is 0.407 e. The molecule has 1 saturated carbocycles. The minimum atomic E-state index is -3.07. The number of amides is 2.